The van der Waals surface area contributed by atoms with Crippen molar-refractivity contribution < 1.29 is 14.2 Å². The van der Waals surface area contributed by atoms with E-state index in [4.69, 9.17) is 9.37 Å². The van der Waals surface area contributed by atoms with Gasteiger partial charge in [0.25, 0.3) is 0 Å². The van der Waals surface area contributed by atoms with E-state index in [1.807, 2.05) is 37.4 Å². The Kier molecular flexibility index (Phi) is 5.08. The molecule has 8 heteroatoms. The van der Waals surface area contributed by atoms with Gasteiger partial charge in [-0.2, -0.15) is 0 Å². The summed E-state index contributed by atoms with van der Waals surface area (Å²) >= 11 is 0. The van der Waals surface area contributed by atoms with Gasteiger partial charge >= 0.3 is 0 Å². The molecule has 0 bridgehead atoms. The van der Waals surface area contributed by atoms with Crippen molar-refractivity contribution in [2.24, 2.45) is 0 Å². The number of carbonyl (C=O) groups is 1. The Morgan fingerprint density at radius 3 is 2.81 bits per heavy atom. The molecule has 0 saturated carbocycles. The number of rotatable bonds is 5. The Labute approximate surface area is 156 Å². The summed E-state index contributed by atoms with van der Waals surface area (Å²) in [5, 5.41) is 7.68. The molecule has 2 aromatic heterocycles. The van der Waals surface area contributed by atoms with Gasteiger partial charge in [0.05, 0.1) is 13.2 Å². The van der Waals surface area contributed by atoms with E-state index in [1.165, 1.54) is 0 Å². The maximum absolute atomic E-state index is 13.3. The lowest BCUT2D eigenvalue weighted by molar-refractivity contribution is -0.138. The van der Waals surface area contributed by atoms with E-state index in [2.05, 4.69) is 20.2 Å². The van der Waals surface area contributed by atoms with Crippen LogP contribution in [0.15, 0.2) is 47.4 Å². The van der Waals surface area contributed by atoms with Gasteiger partial charge in [-0.3, -0.25) is 14.7 Å². The van der Waals surface area contributed by atoms with Crippen molar-refractivity contribution in [1.29, 1.82) is 0 Å². The maximum Gasteiger partial charge on any atom is 0.244 e. The number of pyridine rings is 1. The zero-order valence-electron chi connectivity index (χ0n) is 15.1. The van der Waals surface area contributed by atoms with Gasteiger partial charge in [0.2, 0.25) is 5.91 Å². The number of hydrogen-bond acceptors (Lipinski definition) is 7. The number of amides is 1. The Morgan fingerprint density at radius 2 is 2.04 bits per heavy atom. The first-order chi connectivity index (χ1) is 13.2. The Balaban J connectivity index is 1.55. The number of hydrogen-bond donors (Lipinski definition) is 0. The van der Waals surface area contributed by atoms with Crippen molar-refractivity contribution in [2.75, 3.05) is 33.4 Å². The predicted octanol–water partition coefficient (Wildman–Crippen LogP) is 1.65. The van der Waals surface area contributed by atoms with E-state index < -0.39 is 0 Å². The normalized spacial score (nSPS) is 16.3. The zero-order valence-corrected chi connectivity index (χ0v) is 15.1. The quantitative estimate of drug-likeness (QED) is 0.678. The summed E-state index contributed by atoms with van der Waals surface area (Å²) in [5.41, 5.74) is 3.26. The molecule has 1 aliphatic heterocycles. The first kappa shape index (κ1) is 17.6. The molecule has 1 atom stereocenters. The summed E-state index contributed by atoms with van der Waals surface area (Å²) in [5.74, 6) is 0.0308. The fraction of sp³-hybridized carbons (Fsp3) is 0.368. The summed E-state index contributed by atoms with van der Waals surface area (Å²) < 4.78 is 10.2. The zero-order chi connectivity index (χ0) is 18.6. The van der Waals surface area contributed by atoms with Crippen LogP contribution >= 0.6 is 0 Å². The molecular weight excluding hydrogens is 346 g/mol. The van der Waals surface area contributed by atoms with E-state index in [-0.39, 0.29) is 11.9 Å². The molecule has 3 heterocycles. The molecule has 1 amide bonds. The van der Waals surface area contributed by atoms with Gasteiger partial charge in [0, 0.05) is 39.1 Å². The second kappa shape index (κ2) is 7.81. The van der Waals surface area contributed by atoms with Crippen molar-refractivity contribution in [3.63, 3.8) is 0 Å². The summed E-state index contributed by atoms with van der Waals surface area (Å²) in [6.45, 7) is 3.17. The number of carbonyl (C=O) groups excluding carboxylic acids is 1. The van der Waals surface area contributed by atoms with Crippen molar-refractivity contribution in [3.8, 4) is 0 Å². The first-order valence-electron chi connectivity index (χ1n) is 8.90. The van der Waals surface area contributed by atoms with Crippen molar-refractivity contribution in [1.82, 2.24) is 25.1 Å². The first-order valence-corrected chi connectivity index (χ1v) is 8.90. The van der Waals surface area contributed by atoms with E-state index in [0.29, 0.717) is 30.8 Å². The van der Waals surface area contributed by atoms with Crippen LogP contribution in [0.1, 0.15) is 17.2 Å². The highest BCUT2D eigenvalue weighted by Crippen LogP contribution is 2.24. The molecule has 140 valence electrons. The molecule has 1 aromatic carbocycles. The van der Waals surface area contributed by atoms with Gasteiger partial charge in [-0.05, 0) is 39.6 Å². The van der Waals surface area contributed by atoms with Crippen LogP contribution in [-0.4, -0.2) is 64.4 Å². The minimum absolute atomic E-state index is 0.0308. The monoisotopic (exact) mass is 367 g/mol. The van der Waals surface area contributed by atoms with Gasteiger partial charge < -0.3 is 9.64 Å². The lowest BCUT2D eigenvalue weighted by Gasteiger charge is -2.35. The highest BCUT2D eigenvalue weighted by atomic mass is 16.6. The smallest absolute Gasteiger partial charge is 0.244 e. The maximum atomic E-state index is 13.3. The number of aromatic nitrogens is 3. The third kappa shape index (κ3) is 3.81. The lowest BCUT2D eigenvalue weighted by atomic mass is 10.0. The topological polar surface area (TPSA) is 84.6 Å². The van der Waals surface area contributed by atoms with Gasteiger partial charge in [-0.25, -0.2) is 4.63 Å². The molecule has 27 heavy (non-hydrogen) atoms. The van der Waals surface area contributed by atoms with E-state index in [9.17, 15) is 4.79 Å². The average molecular weight is 367 g/mol. The minimum atomic E-state index is -0.370. The van der Waals surface area contributed by atoms with Gasteiger partial charge in [-0.1, -0.05) is 12.1 Å². The predicted molar refractivity (Wildman–Crippen MR) is 97.6 cm³/mol. The van der Waals surface area contributed by atoms with Crippen molar-refractivity contribution in [2.45, 2.75) is 12.6 Å². The van der Waals surface area contributed by atoms with Crippen LogP contribution in [0.2, 0.25) is 0 Å². The summed E-state index contributed by atoms with van der Waals surface area (Å²) in [4.78, 5) is 21.4. The number of fused-ring (bicyclic) bond motifs is 1. The Morgan fingerprint density at radius 1 is 1.22 bits per heavy atom. The van der Waals surface area contributed by atoms with Gasteiger partial charge in [-0.15, -0.1) is 0 Å². The molecule has 4 rings (SSSR count). The number of nitrogens with zero attached hydrogens (tertiary/aromatic N) is 5. The SMILES string of the molecule is CN(Cc1ccc2nonc2c1)C(=O)[C@H](c1cccnc1)N1CCOCC1. The molecule has 8 nitrogen and oxygen atoms in total. The number of benzene rings is 1. The number of morpholine rings is 1. The molecule has 0 aliphatic carbocycles. The van der Waals surface area contributed by atoms with E-state index >= 15 is 0 Å². The van der Waals surface area contributed by atoms with Gasteiger partial charge in [0.15, 0.2) is 0 Å². The number of ether oxygens (including phenoxy) is 1. The highest BCUT2D eigenvalue weighted by molar-refractivity contribution is 5.83. The third-order valence-electron chi connectivity index (χ3n) is 4.76. The molecule has 1 aliphatic rings. The van der Waals surface area contributed by atoms with Crippen LogP contribution < -0.4 is 0 Å². The van der Waals surface area contributed by atoms with Crippen LogP contribution in [-0.2, 0) is 16.1 Å². The largest absolute Gasteiger partial charge is 0.379 e. The summed E-state index contributed by atoms with van der Waals surface area (Å²) in [6.07, 6.45) is 3.48. The molecular formula is C19H21N5O3. The summed E-state index contributed by atoms with van der Waals surface area (Å²) in [6, 6.07) is 9.12. The second-order valence-electron chi connectivity index (χ2n) is 6.62. The number of likely N-dealkylation sites (N-methyl/N-ethyl adjacent to an activating group) is 1. The lowest BCUT2D eigenvalue weighted by Crippen LogP contribution is -2.46. The van der Waals surface area contributed by atoms with Crippen LogP contribution in [0, 0.1) is 0 Å². The third-order valence-corrected chi connectivity index (χ3v) is 4.76. The standard InChI is InChI=1S/C19H21N5O3/c1-23(13-14-4-5-16-17(11-14)22-27-21-16)19(25)18(15-3-2-6-20-12-15)24-7-9-26-10-8-24/h2-6,11-12,18H,7-10,13H2,1H3/t18-/m0/s1. The highest BCUT2D eigenvalue weighted by Gasteiger charge is 2.31. The van der Waals surface area contributed by atoms with Crippen LogP contribution in [0.25, 0.3) is 11.0 Å². The fourth-order valence-corrected chi connectivity index (χ4v) is 3.37. The van der Waals surface area contributed by atoms with Crippen molar-refractivity contribution >= 4 is 16.9 Å². The van der Waals surface area contributed by atoms with E-state index in [0.717, 1.165) is 24.2 Å². The Hall–Kier alpha value is -2.84. The van der Waals surface area contributed by atoms with Gasteiger partial charge in [0.1, 0.15) is 17.1 Å². The van der Waals surface area contributed by atoms with Crippen LogP contribution in [0.5, 0.6) is 0 Å². The van der Waals surface area contributed by atoms with Crippen LogP contribution in [0.3, 0.4) is 0 Å². The molecule has 0 N–H and O–H groups in total. The molecule has 0 radical (unpaired) electrons. The van der Waals surface area contributed by atoms with Crippen LogP contribution in [0.4, 0.5) is 0 Å². The molecule has 0 unspecified atom stereocenters. The fourth-order valence-electron chi connectivity index (χ4n) is 3.37. The molecule has 3 aromatic rings. The van der Waals surface area contributed by atoms with Crippen molar-refractivity contribution in [3.05, 3.63) is 53.9 Å². The molecule has 1 saturated heterocycles. The molecule has 1 fully saturated rings. The Bertz CT molecular complexity index is 908. The summed E-state index contributed by atoms with van der Waals surface area (Å²) in [7, 11) is 1.82. The van der Waals surface area contributed by atoms with E-state index in [1.54, 1.807) is 17.3 Å². The average Bonchev–Trinajstić information content (AvgIpc) is 3.17. The molecule has 0 spiro atoms. The minimum Gasteiger partial charge on any atom is -0.379 e. The second-order valence-corrected chi connectivity index (χ2v) is 6.62.